The van der Waals surface area contributed by atoms with Crippen molar-refractivity contribution in [2.45, 2.75) is 11.8 Å². The number of pyridine rings is 1. The van der Waals surface area contributed by atoms with Crippen molar-refractivity contribution in [2.75, 3.05) is 0 Å². The van der Waals surface area contributed by atoms with Gasteiger partial charge < -0.3 is 0 Å². The number of nitrogens with zero attached hydrogens (tertiary/aromatic N) is 1. The third-order valence-corrected chi connectivity index (χ3v) is 3.94. The Morgan fingerprint density at radius 1 is 1.31 bits per heavy atom. The van der Waals surface area contributed by atoms with Crippen molar-refractivity contribution in [3.05, 3.63) is 35.1 Å². The Labute approximate surface area is 102 Å². The van der Waals surface area contributed by atoms with E-state index in [1.807, 2.05) is 0 Å². The van der Waals surface area contributed by atoms with E-state index < -0.39 is 9.05 Å². The number of rotatable bonds is 1. The zero-order chi connectivity index (χ0) is 11.9. The monoisotopic (exact) mass is 275 g/mol. The minimum atomic E-state index is -3.78. The van der Waals surface area contributed by atoms with Crippen molar-refractivity contribution in [3.8, 4) is 0 Å². The molecule has 1 aromatic carbocycles. The van der Waals surface area contributed by atoms with Crippen LogP contribution in [0.1, 0.15) is 5.56 Å². The fraction of sp³-hybridized carbons (Fsp3) is 0.100. The van der Waals surface area contributed by atoms with Crippen LogP contribution in [0.15, 0.2) is 29.3 Å². The first-order chi connectivity index (χ1) is 7.41. The quantitative estimate of drug-likeness (QED) is 0.594. The Hall–Kier alpha value is -0.840. The molecule has 0 N–H and O–H groups in total. The Balaban J connectivity index is 3.04. The van der Waals surface area contributed by atoms with Crippen LogP contribution in [-0.2, 0) is 9.05 Å². The van der Waals surface area contributed by atoms with Crippen LogP contribution in [0, 0.1) is 6.92 Å². The number of aryl methyl sites for hydroxylation is 1. The minimum Gasteiger partial charge on any atom is -0.244 e. The molecule has 0 amide bonds. The topological polar surface area (TPSA) is 47.0 Å². The van der Waals surface area contributed by atoms with Crippen LogP contribution in [-0.4, -0.2) is 13.4 Å². The lowest BCUT2D eigenvalue weighted by atomic mass is 10.1. The van der Waals surface area contributed by atoms with Gasteiger partial charge in [-0.2, -0.15) is 0 Å². The van der Waals surface area contributed by atoms with Crippen molar-refractivity contribution in [3.63, 3.8) is 0 Å². The van der Waals surface area contributed by atoms with Crippen molar-refractivity contribution >= 4 is 42.1 Å². The summed E-state index contributed by atoms with van der Waals surface area (Å²) in [6.07, 6.45) is 1.52. The molecule has 0 saturated carbocycles. The van der Waals surface area contributed by atoms with Crippen molar-refractivity contribution in [1.29, 1.82) is 0 Å². The van der Waals surface area contributed by atoms with Crippen LogP contribution in [0.3, 0.4) is 0 Å². The lowest BCUT2D eigenvalue weighted by Gasteiger charge is -2.07. The normalized spacial score (nSPS) is 11.9. The molecule has 0 aliphatic heterocycles. The molecule has 0 radical (unpaired) electrons. The van der Waals surface area contributed by atoms with Crippen molar-refractivity contribution in [1.82, 2.24) is 4.98 Å². The number of halogens is 2. The fourth-order valence-corrected chi connectivity index (χ4v) is 2.95. The van der Waals surface area contributed by atoms with Gasteiger partial charge in [-0.15, -0.1) is 0 Å². The van der Waals surface area contributed by atoms with Gasteiger partial charge in [0.05, 0.1) is 4.90 Å². The number of hydrogen-bond acceptors (Lipinski definition) is 3. The van der Waals surface area contributed by atoms with Crippen molar-refractivity contribution in [2.24, 2.45) is 0 Å². The summed E-state index contributed by atoms with van der Waals surface area (Å²) in [5.41, 5.74) is 0.722. The van der Waals surface area contributed by atoms with Gasteiger partial charge in [-0.25, -0.2) is 13.4 Å². The van der Waals surface area contributed by atoms with E-state index in [0.717, 1.165) is 5.56 Å². The third-order valence-electron chi connectivity index (χ3n) is 2.28. The summed E-state index contributed by atoms with van der Waals surface area (Å²) in [5.74, 6) is 0. The maximum atomic E-state index is 11.4. The number of hydrogen-bond donors (Lipinski definition) is 0. The Kier molecular flexibility index (Phi) is 2.82. The summed E-state index contributed by atoms with van der Waals surface area (Å²) < 4.78 is 22.8. The van der Waals surface area contributed by atoms with Crippen LogP contribution in [0.4, 0.5) is 0 Å². The minimum absolute atomic E-state index is 0.0634. The fourth-order valence-electron chi connectivity index (χ4n) is 1.60. The van der Waals surface area contributed by atoms with E-state index in [2.05, 4.69) is 4.98 Å². The third kappa shape index (κ3) is 1.88. The first-order valence-electron chi connectivity index (χ1n) is 4.40. The molecular weight excluding hydrogens is 269 g/mol. The van der Waals surface area contributed by atoms with Crippen LogP contribution in [0.2, 0.25) is 5.15 Å². The molecule has 1 aromatic heterocycles. The van der Waals surface area contributed by atoms with E-state index in [1.54, 1.807) is 19.1 Å². The van der Waals surface area contributed by atoms with Gasteiger partial charge in [0.1, 0.15) is 5.15 Å². The molecule has 0 atom stereocenters. The molecule has 0 fully saturated rings. The van der Waals surface area contributed by atoms with Crippen LogP contribution in [0.25, 0.3) is 10.8 Å². The predicted molar refractivity (Wildman–Crippen MR) is 64.5 cm³/mol. The zero-order valence-corrected chi connectivity index (χ0v) is 10.6. The van der Waals surface area contributed by atoms with E-state index in [0.29, 0.717) is 10.8 Å². The first kappa shape index (κ1) is 11.6. The average Bonchev–Trinajstić information content (AvgIpc) is 2.22. The summed E-state index contributed by atoms with van der Waals surface area (Å²) in [6, 6.07) is 4.75. The van der Waals surface area contributed by atoms with Gasteiger partial charge in [0, 0.05) is 27.7 Å². The molecule has 0 aliphatic carbocycles. The SMILES string of the molecule is Cc1cnc(Cl)c2cccc(S(=O)(=O)Cl)c12. The highest BCUT2D eigenvalue weighted by Gasteiger charge is 2.16. The summed E-state index contributed by atoms with van der Waals surface area (Å²) in [7, 11) is 1.59. The molecule has 2 aromatic rings. The molecule has 0 unspecified atom stereocenters. The van der Waals surface area contributed by atoms with Gasteiger partial charge in [-0.3, -0.25) is 0 Å². The second kappa shape index (κ2) is 3.87. The number of benzene rings is 1. The maximum Gasteiger partial charge on any atom is 0.261 e. The molecule has 0 saturated heterocycles. The molecule has 0 aliphatic rings. The molecule has 0 spiro atoms. The highest BCUT2D eigenvalue weighted by atomic mass is 35.7. The van der Waals surface area contributed by atoms with E-state index in [1.165, 1.54) is 12.3 Å². The van der Waals surface area contributed by atoms with Gasteiger partial charge in [0.15, 0.2) is 0 Å². The van der Waals surface area contributed by atoms with E-state index in [9.17, 15) is 8.42 Å². The summed E-state index contributed by atoms with van der Waals surface area (Å²) in [4.78, 5) is 4.02. The van der Waals surface area contributed by atoms with E-state index >= 15 is 0 Å². The lowest BCUT2D eigenvalue weighted by Crippen LogP contribution is -1.95. The smallest absolute Gasteiger partial charge is 0.244 e. The highest BCUT2D eigenvalue weighted by molar-refractivity contribution is 8.14. The maximum absolute atomic E-state index is 11.4. The molecule has 1 heterocycles. The molecule has 16 heavy (non-hydrogen) atoms. The molecule has 6 heteroatoms. The van der Waals surface area contributed by atoms with Gasteiger partial charge in [-0.1, -0.05) is 23.7 Å². The molecular formula is C10H7Cl2NO2S. The Morgan fingerprint density at radius 3 is 2.62 bits per heavy atom. The van der Waals surface area contributed by atoms with Crippen LogP contribution < -0.4 is 0 Å². The molecule has 3 nitrogen and oxygen atoms in total. The Morgan fingerprint density at radius 2 is 2.00 bits per heavy atom. The average molecular weight is 276 g/mol. The number of aromatic nitrogens is 1. The molecule has 84 valence electrons. The largest absolute Gasteiger partial charge is 0.261 e. The van der Waals surface area contributed by atoms with Gasteiger partial charge in [0.2, 0.25) is 0 Å². The summed E-state index contributed by atoms with van der Waals surface area (Å²) >= 11 is 5.90. The first-order valence-corrected chi connectivity index (χ1v) is 7.08. The van der Waals surface area contributed by atoms with Gasteiger partial charge in [-0.05, 0) is 18.6 Å². The van der Waals surface area contributed by atoms with Crippen LogP contribution in [0.5, 0.6) is 0 Å². The number of fused-ring (bicyclic) bond motifs is 1. The summed E-state index contributed by atoms with van der Waals surface area (Å²) in [6.45, 7) is 1.76. The molecule has 2 rings (SSSR count). The van der Waals surface area contributed by atoms with Gasteiger partial charge in [0.25, 0.3) is 9.05 Å². The van der Waals surface area contributed by atoms with Crippen LogP contribution >= 0.6 is 22.3 Å². The van der Waals surface area contributed by atoms with E-state index in [4.69, 9.17) is 22.3 Å². The lowest BCUT2D eigenvalue weighted by molar-refractivity contribution is 0.610. The van der Waals surface area contributed by atoms with Gasteiger partial charge >= 0.3 is 0 Å². The second-order valence-electron chi connectivity index (χ2n) is 3.35. The standard InChI is InChI=1S/C10H7Cl2NO2S/c1-6-5-13-10(11)7-3-2-4-8(9(6)7)16(12,14)15/h2-5H,1H3. The Bertz CT molecular complexity index is 668. The summed E-state index contributed by atoms with van der Waals surface area (Å²) in [5, 5.41) is 1.38. The second-order valence-corrected chi connectivity index (χ2v) is 6.24. The highest BCUT2D eigenvalue weighted by Crippen LogP contribution is 2.31. The van der Waals surface area contributed by atoms with E-state index in [-0.39, 0.29) is 10.0 Å². The predicted octanol–water partition coefficient (Wildman–Crippen LogP) is 3.12. The van der Waals surface area contributed by atoms with Crippen molar-refractivity contribution < 1.29 is 8.42 Å². The molecule has 0 bridgehead atoms. The zero-order valence-electron chi connectivity index (χ0n) is 8.24.